The zero-order valence-corrected chi connectivity index (χ0v) is 14.7. The summed E-state index contributed by atoms with van der Waals surface area (Å²) in [5, 5.41) is 20.6. The summed E-state index contributed by atoms with van der Waals surface area (Å²) in [5.74, 6) is -1.66. The first kappa shape index (κ1) is 17.9. The number of nitrogens with zero attached hydrogens (tertiary/aromatic N) is 1. The molecule has 26 heavy (non-hydrogen) atoms. The van der Waals surface area contributed by atoms with E-state index >= 15 is 0 Å². The SMILES string of the molecule is Cc1ccc(/C(O)=C2/C(=O)C(=O)N(CC(C)O)C2c2ccccc2)cc1. The lowest BCUT2D eigenvalue weighted by Gasteiger charge is -2.26. The normalized spacial score (nSPS) is 20.4. The van der Waals surface area contributed by atoms with Gasteiger partial charge < -0.3 is 15.1 Å². The molecule has 5 nitrogen and oxygen atoms in total. The average Bonchev–Trinajstić information content (AvgIpc) is 2.87. The van der Waals surface area contributed by atoms with E-state index in [-0.39, 0.29) is 17.9 Å². The highest BCUT2D eigenvalue weighted by Gasteiger charge is 2.46. The van der Waals surface area contributed by atoms with Crippen molar-refractivity contribution in [1.29, 1.82) is 0 Å². The Bertz CT molecular complexity index is 853. The summed E-state index contributed by atoms with van der Waals surface area (Å²) in [5.41, 5.74) is 2.26. The number of β-amino-alcohol motifs (C(OH)–C–C–N with tert-alkyl or cyclic N) is 1. The van der Waals surface area contributed by atoms with E-state index in [1.165, 1.54) is 4.90 Å². The van der Waals surface area contributed by atoms with Gasteiger partial charge in [-0.2, -0.15) is 0 Å². The molecule has 134 valence electrons. The molecule has 3 rings (SSSR count). The predicted molar refractivity (Wildman–Crippen MR) is 98.3 cm³/mol. The Morgan fingerprint density at radius 3 is 2.27 bits per heavy atom. The summed E-state index contributed by atoms with van der Waals surface area (Å²) in [4.78, 5) is 26.5. The van der Waals surface area contributed by atoms with Crippen LogP contribution in [0.1, 0.15) is 29.7 Å². The molecule has 2 aromatic rings. The lowest BCUT2D eigenvalue weighted by atomic mass is 9.95. The molecule has 1 saturated heterocycles. The molecule has 0 aliphatic carbocycles. The van der Waals surface area contributed by atoms with Crippen LogP contribution < -0.4 is 0 Å². The Balaban J connectivity index is 2.17. The number of aliphatic hydroxyl groups is 2. The van der Waals surface area contributed by atoms with Gasteiger partial charge in [0, 0.05) is 12.1 Å². The summed E-state index contributed by atoms with van der Waals surface area (Å²) in [6.07, 6.45) is -0.793. The lowest BCUT2D eigenvalue weighted by Crippen LogP contribution is -2.35. The Morgan fingerprint density at radius 1 is 1.08 bits per heavy atom. The van der Waals surface area contributed by atoms with Crippen LogP contribution in [0.3, 0.4) is 0 Å². The molecule has 2 N–H and O–H groups in total. The third-order valence-electron chi connectivity index (χ3n) is 4.44. The number of hydrogen-bond donors (Lipinski definition) is 2. The smallest absolute Gasteiger partial charge is 0.295 e. The van der Waals surface area contributed by atoms with Gasteiger partial charge in [-0.1, -0.05) is 60.2 Å². The van der Waals surface area contributed by atoms with E-state index in [0.29, 0.717) is 11.1 Å². The van der Waals surface area contributed by atoms with E-state index in [2.05, 4.69) is 0 Å². The van der Waals surface area contributed by atoms with Gasteiger partial charge in [-0.25, -0.2) is 0 Å². The number of amides is 1. The molecule has 1 fully saturated rings. The molecular weight excluding hydrogens is 330 g/mol. The monoisotopic (exact) mass is 351 g/mol. The fourth-order valence-corrected chi connectivity index (χ4v) is 3.20. The number of aliphatic hydroxyl groups excluding tert-OH is 2. The van der Waals surface area contributed by atoms with Gasteiger partial charge in [0.1, 0.15) is 5.76 Å². The number of benzene rings is 2. The zero-order valence-electron chi connectivity index (χ0n) is 14.7. The second-order valence-electron chi connectivity index (χ2n) is 6.58. The van der Waals surface area contributed by atoms with Crippen molar-refractivity contribution >= 4 is 17.4 Å². The summed E-state index contributed by atoms with van der Waals surface area (Å²) in [6.45, 7) is 3.49. The molecule has 5 heteroatoms. The van der Waals surface area contributed by atoms with Crippen LogP contribution in [-0.2, 0) is 9.59 Å². The van der Waals surface area contributed by atoms with Crippen LogP contribution >= 0.6 is 0 Å². The second-order valence-corrected chi connectivity index (χ2v) is 6.58. The van der Waals surface area contributed by atoms with E-state index in [9.17, 15) is 19.8 Å². The van der Waals surface area contributed by atoms with E-state index in [0.717, 1.165) is 5.56 Å². The Morgan fingerprint density at radius 2 is 1.69 bits per heavy atom. The topological polar surface area (TPSA) is 77.8 Å². The molecule has 2 aromatic carbocycles. The van der Waals surface area contributed by atoms with Gasteiger partial charge in [-0.3, -0.25) is 9.59 Å². The molecular formula is C21H21NO4. The summed E-state index contributed by atoms with van der Waals surface area (Å²) in [6, 6.07) is 15.4. The first-order chi connectivity index (χ1) is 12.4. The van der Waals surface area contributed by atoms with Crippen LogP contribution in [0, 0.1) is 6.92 Å². The number of aryl methyl sites for hydroxylation is 1. The van der Waals surface area contributed by atoms with Crippen molar-refractivity contribution in [1.82, 2.24) is 4.90 Å². The van der Waals surface area contributed by atoms with Crippen LogP contribution in [0.4, 0.5) is 0 Å². The molecule has 2 atom stereocenters. The van der Waals surface area contributed by atoms with Gasteiger partial charge in [-0.05, 0) is 19.4 Å². The Kier molecular flexibility index (Phi) is 4.91. The van der Waals surface area contributed by atoms with Crippen molar-refractivity contribution in [2.75, 3.05) is 6.54 Å². The largest absolute Gasteiger partial charge is 0.507 e. The highest BCUT2D eigenvalue weighted by Crippen LogP contribution is 2.39. The maximum atomic E-state index is 12.7. The fourth-order valence-electron chi connectivity index (χ4n) is 3.20. The number of carbonyl (C=O) groups is 2. The highest BCUT2D eigenvalue weighted by molar-refractivity contribution is 6.46. The van der Waals surface area contributed by atoms with Crippen LogP contribution in [0.2, 0.25) is 0 Å². The molecule has 1 amide bonds. The lowest BCUT2D eigenvalue weighted by molar-refractivity contribution is -0.140. The third-order valence-corrected chi connectivity index (χ3v) is 4.44. The van der Waals surface area contributed by atoms with Gasteiger partial charge in [0.25, 0.3) is 11.7 Å². The molecule has 1 aliphatic rings. The van der Waals surface area contributed by atoms with Crippen molar-refractivity contribution in [3.05, 3.63) is 76.9 Å². The minimum absolute atomic E-state index is 0.00874. The number of ketones is 1. The molecule has 0 radical (unpaired) electrons. The number of likely N-dealkylation sites (tertiary alicyclic amines) is 1. The van der Waals surface area contributed by atoms with Gasteiger partial charge in [-0.15, -0.1) is 0 Å². The molecule has 0 spiro atoms. The second kappa shape index (κ2) is 7.14. The standard InChI is InChI=1S/C21H21NO4/c1-13-8-10-16(11-9-13)19(24)17-18(15-6-4-3-5-7-15)22(12-14(2)23)21(26)20(17)25/h3-11,14,18,23-24H,12H2,1-2H3/b19-17-. The predicted octanol–water partition coefficient (Wildman–Crippen LogP) is 2.80. The van der Waals surface area contributed by atoms with Crippen molar-refractivity contribution < 1.29 is 19.8 Å². The minimum atomic E-state index is -0.793. The number of Topliss-reactive ketones (excluding diaryl/α,β-unsaturated/α-hetero) is 1. The number of rotatable bonds is 4. The number of carbonyl (C=O) groups excluding carboxylic acids is 2. The van der Waals surface area contributed by atoms with E-state index in [4.69, 9.17) is 0 Å². The van der Waals surface area contributed by atoms with Crippen LogP contribution in [-0.4, -0.2) is 39.5 Å². The maximum absolute atomic E-state index is 12.7. The molecule has 0 aromatic heterocycles. The van der Waals surface area contributed by atoms with Gasteiger partial charge >= 0.3 is 0 Å². The van der Waals surface area contributed by atoms with Crippen molar-refractivity contribution in [3.8, 4) is 0 Å². The van der Waals surface area contributed by atoms with E-state index < -0.39 is 23.8 Å². The quantitative estimate of drug-likeness (QED) is 0.504. The highest BCUT2D eigenvalue weighted by atomic mass is 16.3. The molecule has 0 bridgehead atoms. The van der Waals surface area contributed by atoms with E-state index in [1.54, 1.807) is 31.2 Å². The van der Waals surface area contributed by atoms with Crippen LogP contribution in [0.15, 0.2) is 60.2 Å². The minimum Gasteiger partial charge on any atom is -0.507 e. The molecule has 2 unspecified atom stereocenters. The average molecular weight is 351 g/mol. The van der Waals surface area contributed by atoms with Gasteiger partial charge in [0.2, 0.25) is 0 Å². The molecule has 1 heterocycles. The Labute approximate surface area is 152 Å². The van der Waals surface area contributed by atoms with Gasteiger partial charge in [0.15, 0.2) is 0 Å². The number of hydrogen-bond acceptors (Lipinski definition) is 4. The first-order valence-electron chi connectivity index (χ1n) is 8.48. The van der Waals surface area contributed by atoms with Crippen molar-refractivity contribution in [3.63, 3.8) is 0 Å². The van der Waals surface area contributed by atoms with E-state index in [1.807, 2.05) is 37.3 Å². The maximum Gasteiger partial charge on any atom is 0.295 e. The first-order valence-corrected chi connectivity index (χ1v) is 8.48. The summed E-state index contributed by atoms with van der Waals surface area (Å²) < 4.78 is 0. The van der Waals surface area contributed by atoms with Crippen molar-refractivity contribution in [2.24, 2.45) is 0 Å². The third kappa shape index (κ3) is 3.26. The Hall–Kier alpha value is -2.92. The zero-order chi connectivity index (χ0) is 18.8. The summed E-state index contributed by atoms with van der Waals surface area (Å²) >= 11 is 0. The molecule has 1 aliphatic heterocycles. The van der Waals surface area contributed by atoms with Crippen molar-refractivity contribution in [2.45, 2.75) is 26.0 Å². The molecule has 0 saturated carbocycles. The van der Waals surface area contributed by atoms with Crippen LogP contribution in [0.5, 0.6) is 0 Å². The fraction of sp³-hybridized carbons (Fsp3) is 0.238. The van der Waals surface area contributed by atoms with Crippen LogP contribution in [0.25, 0.3) is 5.76 Å². The summed E-state index contributed by atoms with van der Waals surface area (Å²) in [7, 11) is 0. The van der Waals surface area contributed by atoms with Gasteiger partial charge in [0.05, 0.1) is 17.7 Å².